The lowest BCUT2D eigenvalue weighted by Gasteiger charge is -2.12. The van der Waals surface area contributed by atoms with Gasteiger partial charge in [-0.2, -0.15) is 0 Å². The van der Waals surface area contributed by atoms with Crippen LogP contribution in [0.25, 0.3) is 11.0 Å². The van der Waals surface area contributed by atoms with Gasteiger partial charge in [-0.05, 0) is 30.0 Å². The van der Waals surface area contributed by atoms with Gasteiger partial charge < -0.3 is 20.1 Å². The molecule has 2 heterocycles. The minimum atomic E-state index is -0.674. The largest absolute Gasteiger partial charge is 0.504 e. The van der Waals surface area contributed by atoms with Crippen LogP contribution in [0.1, 0.15) is 0 Å². The lowest BCUT2D eigenvalue weighted by molar-refractivity contribution is -0.115. The summed E-state index contributed by atoms with van der Waals surface area (Å²) in [7, 11) is 0. The second-order valence-corrected chi connectivity index (χ2v) is 7.16. The first-order valence-electron chi connectivity index (χ1n) is 8.49. The van der Waals surface area contributed by atoms with E-state index in [1.54, 1.807) is 24.3 Å². The van der Waals surface area contributed by atoms with Crippen molar-refractivity contribution in [3.05, 3.63) is 57.7 Å². The van der Waals surface area contributed by atoms with Crippen LogP contribution in [0.15, 0.2) is 52.2 Å². The number of aromatic hydroxyl groups is 3. The van der Waals surface area contributed by atoms with Gasteiger partial charge in [-0.25, -0.2) is 4.98 Å². The Labute approximate surface area is 172 Å². The Morgan fingerprint density at radius 3 is 2.53 bits per heavy atom. The molecule has 11 heteroatoms. The summed E-state index contributed by atoms with van der Waals surface area (Å²) in [6.45, 7) is -0.0475. The molecule has 30 heavy (non-hydrogen) atoms. The molecular formula is C19H13N3O7S. The molecule has 3 aromatic rings. The van der Waals surface area contributed by atoms with Crippen LogP contribution in [-0.2, 0) is 11.3 Å². The number of ether oxygens (including phenoxy) is 1. The predicted molar refractivity (Wildman–Crippen MR) is 107 cm³/mol. The molecule has 0 aliphatic carbocycles. The van der Waals surface area contributed by atoms with E-state index >= 15 is 0 Å². The Morgan fingerprint density at radius 2 is 1.80 bits per heavy atom. The number of phenolic OH excluding ortho intramolecular Hbond substituents is 3. The van der Waals surface area contributed by atoms with Crippen molar-refractivity contribution in [1.29, 1.82) is 0 Å². The van der Waals surface area contributed by atoms with Crippen molar-refractivity contribution < 1.29 is 29.6 Å². The number of nitrogens with zero attached hydrogens (tertiary/aromatic N) is 2. The lowest BCUT2D eigenvalue weighted by atomic mass is 10.2. The quantitative estimate of drug-likeness (QED) is 0.279. The van der Waals surface area contributed by atoms with Gasteiger partial charge >= 0.3 is 5.56 Å². The average Bonchev–Trinajstić information content (AvgIpc) is 3.03. The summed E-state index contributed by atoms with van der Waals surface area (Å²) >= 11 is 0.731. The number of hydrogen-bond acceptors (Lipinski definition) is 9. The predicted octanol–water partition coefficient (Wildman–Crippen LogP) is 2.17. The molecule has 4 rings (SSSR count). The second-order valence-electron chi connectivity index (χ2n) is 6.14. The summed E-state index contributed by atoms with van der Waals surface area (Å²) in [5.74, 6) is -2.85. The first kappa shape index (κ1) is 19.3. The van der Waals surface area contributed by atoms with Crippen LogP contribution >= 0.6 is 11.8 Å². The van der Waals surface area contributed by atoms with E-state index in [9.17, 15) is 29.7 Å². The van der Waals surface area contributed by atoms with Gasteiger partial charge in [0.1, 0.15) is 0 Å². The van der Waals surface area contributed by atoms with Crippen LogP contribution in [0.5, 0.6) is 28.9 Å². The van der Waals surface area contributed by atoms with Crippen molar-refractivity contribution in [2.75, 3.05) is 0 Å². The van der Waals surface area contributed by atoms with Crippen molar-refractivity contribution in [3.63, 3.8) is 0 Å². The molecule has 1 saturated heterocycles. The molecule has 1 aliphatic heterocycles. The van der Waals surface area contributed by atoms with Crippen molar-refractivity contribution in [1.82, 2.24) is 14.9 Å². The maximum Gasteiger partial charge on any atom is 0.314 e. The third-order valence-electron chi connectivity index (χ3n) is 4.19. The fourth-order valence-electron chi connectivity index (χ4n) is 2.78. The van der Waals surface area contributed by atoms with Crippen LogP contribution in [0.3, 0.4) is 0 Å². The van der Waals surface area contributed by atoms with Crippen molar-refractivity contribution in [2.24, 2.45) is 0 Å². The third-order valence-corrected chi connectivity index (χ3v) is 5.05. The van der Waals surface area contributed by atoms with E-state index in [-0.39, 0.29) is 17.2 Å². The van der Waals surface area contributed by atoms with Crippen LogP contribution in [0.4, 0.5) is 4.79 Å². The molecule has 10 nitrogen and oxygen atoms in total. The van der Waals surface area contributed by atoms with Crippen LogP contribution in [-0.4, -0.2) is 36.0 Å². The molecule has 2 amide bonds. The number of imide groups is 1. The van der Waals surface area contributed by atoms with Crippen LogP contribution in [0, 0.1) is 0 Å². The third kappa shape index (κ3) is 3.53. The molecule has 4 N–H and O–H groups in total. The second kappa shape index (κ2) is 7.44. The molecule has 0 bridgehead atoms. The lowest BCUT2D eigenvalue weighted by Crippen LogP contribution is -2.23. The molecule has 1 aliphatic rings. The fourth-order valence-corrected chi connectivity index (χ4v) is 3.43. The van der Waals surface area contributed by atoms with Gasteiger partial charge in [0.2, 0.25) is 0 Å². The zero-order valence-electron chi connectivity index (χ0n) is 15.0. The first-order chi connectivity index (χ1) is 14.3. The number of allylic oxidation sites excluding steroid dienone is 1. The summed E-state index contributed by atoms with van der Waals surface area (Å²) < 4.78 is 6.70. The Morgan fingerprint density at radius 1 is 1.07 bits per heavy atom. The van der Waals surface area contributed by atoms with Gasteiger partial charge in [0, 0.05) is 18.7 Å². The number of phenols is 3. The molecule has 2 aromatic carbocycles. The summed E-state index contributed by atoms with van der Waals surface area (Å²) in [4.78, 5) is 40.4. The number of carbonyl (C=O) groups excluding carboxylic acids is 2. The van der Waals surface area contributed by atoms with Gasteiger partial charge in [-0.1, -0.05) is 12.1 Å². The number of fused-ring (bicyclic) bond motifs is 1. The molecule has 0 saturated carbocycles. The smallest absolute Gasteiger partial charge is 0.314 e. The van der Waals surface area contributed by atoms with Crippen molar-refractivity contribution in [3.8, 4) is 28.9 Å². The van der Waals surface area contributed by atoms with Crippen LogP contribution < -0.4 is 15.6 Å². The van der Waals surface area contributed by atoms with Crippen molar-refractivity contribution in [2.45, 2.75) is 6.54 Å². The van der Waals surface area contributed by atoms with Gasteiger partial charge in [-0.3, -0.25) is 24.3 Å². The average molecular weight is 427 g/mol. The fraction of sp³-hybridized carbons (Fsp3) is 0.0526. The van der Waals surface area contributed by atoms with Gasteiger partial charge in [0.15, 0.2) is 23.0 Å². The van der Waals surface area contributed by atoms with E-state index < -0.39 is 39.8 Å². The number of amides is 2. The molecule has 0 unspecified atom stereocenters. The Bertz CT molecular complexity index is 1300. The van der Waals surface area contributed by atoms with E-state index in [0.717, 1.165) is 23.9 Å². The number of nitrogens with one attached hydrogen (secondary N) is 1. The van der Waals surface area contributed by atoms with Crippen LogP contribution in [0.2, 0.25) is 0 Å². The highest BCUT2D eigenvalue weighted by atomic mass is 32.2. The number of carbonyl (C=O) groups is 2. The molecule has 1 fully saturated rings. The number of hydrogen-bond donors (Lipinski definition) is 4. The molecule has 0 spiro atoms. The maximum absolute atomic E-state index is 13.0. The summed E-state index contributed by atoms with van der Waals surface area (Å²) in [6.07, 6.45) is 1.44. The minimum Gasteiger partial charge on any atom is -0.504 e. The Balaban J connectivity index is 1.79. The van der Waals surface area contributed by atoms with E-state index in [1.807, 2.05) is 0 Å². The van der Waals surface area contributed by atoms with E-state index in [1.165, 1.54) is 10.6 Å². The standard InChI is InChI=1S/C19H13N3O7S/c23-11-7-13(25)14(8-12(11)24)29-17-18(27)22(10-4-2-1-3-9(10)20-17)6-5-15-16(26)21-19(28)30-15/h1-5,7-8,23-25H,6H2,(H,21,26,28)/b15-5+. The summed E-state index contributed by atoms with van der Waals surface area (Å²) in [6, 6.07) is 8.51. The number of rotatable bonds is 4. The topological polar surface area (TPSA) is 151 Å². The van der Waals surface area contributed by atoms with E-state index in [0.29, 0.717) is 11.0 Å². The van der Waals surface area contributed by atoms with Gasteiger partial charge in [0.05, 0.1) is 15.9 Å². The molecule has 152 valence electrons. The number of benzene rings is 2. The van der Waals surface area contributed by atoms with Gasteiger partial charge in [0.25, 0.3) is 17.0 Å². The maximum atomic E-state index is 13.0. The monoisotopic (exact) mass is 427 g/mol. The van der Waals surface area contributed by atoms with Crippen molar-refractivity contribution >= 4 is 33.9 Å². The Hall–Kier alpha value is -3.99. The number of para-hydroxylation sites is 2. The summed E-state index contributed by atoms with van der Waals surface area (Å²) in [5.41, 5.74) is 0.180. The highest BCUT2D eigenvalue weighted by Gasteiger charge is 2.25. The normalized spacial score (nSPS) is 15.0. The molecular weight excluding hydrogens is 414 g/mol. The highest BCUT2D eigenvalue weighted by molar-refractivity contribution is 8.18. The highest BCUT2D eigenvalue weighted by Crippen LogP contribution is 2.38. The number of thioether (sulfide) groups is 1. The zero-order chi connectivity index (χ0) is 21.4. The Kier molecular flexibility index (Phi) is 4.80. The molecule has 0 atom stereocenters. The first-order valence-corrected chi connectivity index (χ1v) is 9.31. The summed E-state index contributed by atoms with van der Waals surface area (Å²) in [5, 5.41) is 30.6. The van der Waals surface area contributed by atoms with E-state index in [2.05, 4.69) is 10.3 Å². The zero-order valence-corrected chi connectivity index (χ0v) is 15.8. The van der Waals surface area contributed by atoms with Gasteiger partial charge in [-0.15, -0.1) is 0 Å². The molecule has 0 radical (unpaired) electrons. The van der Waals surface area contributed by atoms with E-state index in [4.69, 9.17) is 4.74 Å². The SMILES string of the molecule is O=C1NC(=O)/C(=C\Cn2c(=O)c(Oc3cc(O)c(O)cc3O)nc3ccccc32)S1. The molecule has 1 aromatic heterocycles. The number of aromatic nitrogens is 2. The minimum absolute atomic E-state index is 0.0475.